The maximum absolute atomic E-state index is 6.11. The van der Waals surface area contributed by atoms with Crippen molar-refractivity contribution in [3.63, 3.8) is 0 Å². The highest BCUT2D eigenvalue weighted by atomic mass is 35.5. The van der Waals surface area contributed by atoms with E-state index in [-0.39, 0.29) is 0 Å². The van der Waals surface area contributed by atoms with Gasteiger partial charge in [-0.25, -0.2) is 0 Å². The van der Waals surface area contributed by atoms with Crippen LogP contribution in [-0.2, 0) is 13.2 Å². The topological polar surface area (TPSA) is 36.4 Å². The average Bonchev–Trinajstić information content (AvgIpc) is 3.27. The van der Waals surface area contributed by atoms with Crippen molar-refractivity contribution in [2.75, 3.05) is 14.2 Å². The fourth-order valence-electron chi connectivity index (χ4n) is 2.91. The summed E-state index contributed by atoms with van der Waals surface area (Å²) in [6.07, 6.45) is 2.42. The zero-order valence-electron chi connectivity index (χ0n) is 13.7. The minimum atomic E-state index is 0.560. The van der Waals surface area contributed by atoms with Crippen molar-refractivity contribution >= 4 is 23.8 Å². The number of aryl methyl sites for hydroxylation is 1. The summed E-state index contributed by atoms with van der Waals surface area (Å²) in [7, 11) is 3.80. The number of ether oxygens (including phenoxy) is 1. The van der Waals surface area contributed by atoms with Crippen LogP contribution in [0.1, 0.15) is 30.3 Å². The summed E-state index contributed by atoms with van der Waals surface area (Å²) in [6.45, 7) is 3.54. The first-order chi connectivity index (χ1) is 11.0. The molecule has 0 bridgehead atoms. The van der Waals surface area contributed by atoms with Crippen LogP contribution in [0.5, 0.6) is 5.75 Å². The van der Waals surface area contributed by atoms with Crippen LogP contribution in [-0.4, -0.2) is 28.5 Å². The van der Waals surface area contributed by atoms with Crippen molar-refractivity contribution in [3.8, 4) is 5.75 Å². The smallest absolute Gasteiger partial charge is 0.203 e. The predicted molar refractivity (Wildman–Crippen MR) is 92.7 cm³/mol. The predicted octanol–water partition coefficient (Wildman–Crippen LogP) is 2.39. The van der Waals surface area contributed by atoms with Gasteiger partial charge in [0, 0.05) is 16.6 Å². The summed E-state index contributed by atoms with van der Waals surface area (Å²) < 4.78 is 10.3. The lowest BCUT2D eigenvalue weighted by atomic mass is 10.2. The molecule has 0 saturated heterocycles. The van der Waals surface area contributed by atoms with Crippen LogP contribution >= 0.6 is 23.8 Å². The average molecular weight is 354 g/mol. The van der Waals surface area contributed by atoms with E-state index in [1.54, 1.807) is 7.11 Å². The molecule has 3 rings (SSSR count). The summed E-state index contributed by atoms with van der Waals surface area (Å²) in [4.78, 5) is 1.27. The number of halogens is 1. The number of hydrogen-bond donors (Lipinski definition) is 1. The van der Waals surface area contributed by atoms with Gasteiger partial charge < -0.3 is 14.2 Å². The van der Waals surface area contributed by atoms with E-state index in [1.165, 1.54) is 17.7 Å². The van der Waals surface area contributed by atoms with Crippen LogP contribution in [0, 0.1) is 11.7 Å². The van der Waals surface area contributed by atoms with E-state index < -0.39 is 0 Å². The fourth-order valence-corrected chi connectivity index (χ4v) is 3.49. The molecule has 1 aliphatic carbocycles. The standard InChI is InChI=1S/C16H21ClN4OS/c1-11-18-20(16(23)21(11)14-5-6-14)10-19(2)9-12-8-13(17)4-7-15(12)22-3/h4,7-8,14H,5-6,9-10H2,1-3H3/p+1. The van der Waals surface area contributed by atoms with Crippen molar-refractivity contribution < 1.29 is 9.64 Å². The van der Waals surface area contributed by atoms with E-state index in [0.29, 0.717) is 6.04 Å². The number of hydrogen-bond acceptors (Lipinski definition) is 3. The van der Waals surface area contributed by atoms with Crippen molar-refractivity contribution in [3.05, 3.63) is 39.4 Å². The molecular formula is C16H22ClN4OS+. The molecule has 1 heterocycles. The number of benzene rings is 1. The van der Waals surface area contributed by atoms with Gasteiger partial charge in [-0.1, -0.05) is 11.6 Å². The van der Waals surface area contributed by atoms with Gasteiger partial charge in [-0.15, -0.1) is 0 Å². The molecule has 1 aromatic heterocycles. The summed E-state index contributed by atoms with van der Waals surface area (Å²) in [5.74, 6) is 1.86. The SMILES string of the molecule is COc1ccc(Cl)cc1C[NH+](C)Cn1nc(C)n(C2CC2)c1=S. The molecule has 0 amide bonds. The molecule has 7 heteroatoms. The lowest BCUT2D eigenvalue weighted by Gasteiger charge is -2.16. The molecule has 1 unspecified atom stereocenters. The maximum Gasteiger partial charge on any atom is 0.203 e. The molecule has 23 heavy (non-hydrogen) atoms. The molecule has 1 fully saturated rings. The van der Waals surface area contributed by atoms with Crippen molar-refractivity contribution in [1.29, 1.82) is 0 Å². The van der Waals surface area contributed by atoms with E-state index in [4.69, 9.17) is 28.6 Å². The van der Waals surface area contributed by atoms with Crippen LogP contribution in [0.3, 0.4) is 0 Å². The van der Waals surface area contributed by atoms with Gasteiger partial charge >= 0.3 is 0 Å². The number of methoxy groups -OCH3 is 1. The Bertz CT molecular complexity index is 766. The van der Waals surface area contributed by atoms with Crippen LogP contribution in [0.2, 0.25) is 5.02 Å². The Labute approximate surface area is 146 Å². The highest BCUT2D eigenvalue weighted by molar-refractivity contribution is 7.71. The summed E-state index contributed by atoms with van der Waals surface area (Å²) in [5, 5.41) is 5.33. The molecule has 0 aliphatic heterocycles. The Morgan fingerprint density at radius 1 is 1.43 bits per heavy atom. The monoisotopic (exact) mass is 353 g/mol. The fraction of sp³-hybridized carbons (Fsp3) is 0.500. The Hall–Kier alpha value is -1.37. The first-order valence-corrected chi connectivity index (χ1v) is 8.58. The molecule has 124 valence electrons. The quantitative estimate of drug-likeness (QED) is 0.810. The Kier molecular flexibility index (Phi) is 4.75. The third-order valence-corrected chi connectivity index (χ3v) is 4.75. The van der Waals surface area contributed by atoms with Crippen LogP contribution in [0.25, 0.3) is 0 Å². The highest BCUT2D eigenvalue weighted by Crippen LogP contribution is 2.35. The lowest BCUT2D eigenvalue weighted by molar-refractivity contribution is -0.917. The zero-order chi connectivity index (χ0) is 16.6. The first kappa shape index (κ1) is 16.5. The van der Waals surface area contributed by atoms with E-state index in [9.17, 15) is 0 Å². The molecule has 0 spiro atoms. The van der Waals surface area contributed by atoms with Crippen LogP contribution < -0.4 is 9.64 Å². The molecule has 1 N–H and O–H groups in total. The van der Waals surface area contributed by atoms with E-state index >= 15 is 0 Å². The van der Waals surface area contributed by atoms with Crippen molar-refractivity contribution in [2.45, 2.75) is 39.0 Å². The second-order valence-corrected chi connectivity index (χ2v) is 6.98. The number of nitrogens with one attached hydrogen (secondary N) is 1. The zero-order valence-corrected chi connectivity index (χ0v) is 15.2. The third kappa shape index (κ3) is 3.59. The Morgan fingerprint density at radius 2 is 2.17 bits per heavy atom. The van der Waals surface area contributed by atoms with Gasteiger partial charge in [0.05, 0.1) is 14.2 Å². The van der Waals surface area contributed by atoms with Gasteiger partial charge in [-0.2, -0.15) is 9.78 Å². The normalized spacial score (nSPS) is 15.7. The second kappa shape index (κ2) is 6.63. The molecule has 5 nitrogen and oxygen atoms in total. The lowest BCUT2D eigenvalue weighted by Crippen LogP contribution is -3.07. The molecule has 1 aromatic carbocycles. The van der Waals surface area contributed by atoms with Crippen LogP contribution in [0.4, 0.5) is 0 Å². The van der Waals surface area contributed by atoms with Crippen LogP contribution in [0.15, 0.2) is 18.2 Å². The van der Waals surface area contributed by atoms with Gasteiger partial charge in [0.15, 0.2) is 6.67 Å². The molecule has 2 aromatic rings. The Balaban J connectivity index is 1.75. The van der Waals surface area contributed by atoms with E-state index in [2.05, 4.69) is 16.7 Å². The summed E-state index contributed by atoms with van der Waals surface area (Å²) in [5.41, 5.74) is 1.09. The van der Waals surface area contributed by atoms with Gasteiger partial charge in [0.2, 0.25) is 4.77 Å². The molecule has 1 atom stereocenters. The number of rotatable bonds is 6. The largest absolute Gasteiger partial charge is 0.496 e. The Morgan fingerprint density at radius 3 is 2.83 bits per heavy atom. The second-order valence-electron chi connectivity index (χ2n) is 6.18. The van der Waals surface area contributed by atoms with Gasteiger partial charge in [-0.05, 0) is 50.2 Å². The molecule has 1 aliphatic rings. The minimum Gasteiger partial charge on any atom is -0.496 e. The van der Waals surface area contributed by atoms with Gasteiger partial charge in [0.1, 0.15) is 18.1 Å². The van der Waals surface area contributed by atoms with Crippen molar-refractivity contribution in [2.24, 2.45) is 0 Å². The minimum absolute atomic E-state index is 0.560. The number of aromatic nitrogens is 3. The number of nitrogens with zero attached hydrogens (tertiary/aromatic N) is 3. The first-order valence-electron chi connectivity index (χ1n) is 7.79. The molecule has 0 radical (unpaired) electrons. The third-order valence-electron chi connectivity index (χ3n) is 4.11. The van der Waals surface area contributed by atoms with Gasteiger partial charge in [0.25, 0.3) is 0 Å². The highest BCUT2D eigenvalue weighted by Gasteiger charge is 2.27. The molecular weight excluding hydrogens is 332 g/mol. The summed E-state index contributed by atoms with van der Waals surface area (Å²) >= 11 is 11.7. The van der Waals surface area contributed by atoms with E-state index in [1.807, 2.05) is 29.8 Å². The number of quaternary nitrogens is 1. The molecule has 1 saturated carbocycles. The van der Waals surface area contributed by atoms with Crippen molar-refractivity contribution in [1.82, 2.24) is 14.3 Å². The maximum atomic E-state index is 6.11. The summed E-state index contributed by atoms with van der Waals surface area (Å²) in [6, 6.07) is 6.26. The van der Waals surface area contributed by atoms with E-state index in [0.717, 1.165) is 40.1 Å². The van der Waals surface area contributed by atoms with Gasteiger partial charge in [-0.3, -0.25) is 0 Å².